The van der Waals surface area contributed by atoms with Crippen LogP contribution in [-0.2, 0) is 4.79 Å². The highest BCUT2D eigenvalue weighted by Crippen LogP contribution is 2.18. The van der Waals surface area contributed by atoms with Gasteiger partial charge in [-0.05, 0) is 25.0 Å². The molecule has 0 aromatic heterocycles. The first-order valence-corrected chi connectivity index (χ1v) is 5.79. The zero-order valence-electron chi connectivity index (χ0n) is 10.7. The lowest BCUT2D eigenvalue weighted by Gasteiger charge is -2.14. The molecule has 1 atom stereocenters. The van der Waals surface area contributed by atoms with Gasteiger partial charge in [0, 0.05) is 0 Å². The van der Waals surface area contributed by atoms with Gasteiger partial charge in [-0.1, -0.05) is 19.1 Å². The van der Waals surface area contributed by atoms with Gasteiger partial charge in [0.05, 0.1) is 11.3 Å². The van der Waals surface area contributed by atoms with E-state index in [9.17, 15) is 9.59 Å². The molecular formula is C13H15N3O3. The number of aliphatic carboxylic acids is 1. The Morgan fingerprint density at radius 2 is 2.16 bits per heavy atom. The minimum atomic E-state index is -1.10. The van der Waals surface area contributed by atoms with Crippen LogP contribution in [0.3, 0.4) is 0 Å². The average molecular weight is 261 g/mol. The first-order chi connectivity index (χ1) is 8.99. The van der Waals surface area contributed by atoms with Crippen molar-refractivity contribution in [2.45, 2.75) is 26.3 Å². The van der Waals surface area contributed by atoms with Gasteiger partial charge in [-0.25, -0.2) is 9.59 Å². The van der Waals surface area contributed by atoms with Crippen molar-refractivity contribution in [1.82, 2.24) is 5.32 Å². The van der Waals surface area contributed by atoms with Gasteiger partial charge in [-0.2, -0.15) is 5.26 Å². The smallest absolute Gasteiger partial charge is 0.326 e. The second kappa shape index (κ2) is 6.40. The molecular weight excluding hydrogens is 246 g/mol. The van der Waals surface area contributed by atoms with Crippen LogP contribution in [0.4, 0.5) is 10.5 Å². The molecule has 1 aromatic carbocycles. The number of urea groups is 1. The van der Waals surface area contributed by atoms with Crippen molar-refractivity contribution < 1.29 is 14.7 Å². The van der Waals surface area contributed by atoms with Gasteiger partial charge < -0.3 is 15.7 Å². The quantitative estimate of drug-likeness (QED) is 0.769. The summed E-state index contributed by atoms with van der Waals surface area (Å²) in [6.07, 6.45) is 0.279. The summed E-state index contributed by atoms with van der Waals surface area (Å²) in [6, 6.07) is 5.47. The molecule has 100 valence electrons. The maximum Gasteiger partial charge on any atom is 0.326 e. The van der Waals surface area contributed by atoms with E-state index >= 15 is 0 Å². The highest BCUT2D eigenvalue weighted by atomic mass is 16.4. The minimum absolute atomic E-state index is 0.279. The lowest BCUT2D eigenvalue weighted by Crippen LogP contribution is -2.42. The van der Waals surface area contributed by atoms with E-state index in [1.807, 2.05) is 6.07 Å². The molecule has 6 heteroatoms. The molecule has 0 bridgehead atoms. The van der Waals surface area contributed by atoms with Crippen molar-refractivity contribution in [3.8, 4) is 6.07 Å². The third-order valence-corrected chi connectivity index (χ3v) is 2.64. The average Bonchev–Trinajstić information content (AvgIpc) is 2.36. The van der Waals surface area contributed by atoms with E-state index in [-0.39, 0.29) is 6.42 Å². The molecule has 0 aliphatic carbocycles. The van der Waals surface area contributed by atoms with Gasteiger partial charge in [-0.15, -0.1) is 0 Å². The predicted octanol–water partition coefficient (Wildman–Crippen LogP) is 1.85. The molecule has 1 aromatic rings. The summed E-state index contributed by atoms with van der Waals surface area (Å²) in [4.78, 5) is 22.5. The van der Waals surface area contributed by atoms with E-state index in [1.165, 1.54) is 0 Å². The molecule has 6 nitrogen and oxygen atoms in total. The molecule has 0 unspecified atom stereocenters. The Bertz CT molecular complexity index is 534. The second-order valence-corrected chi connectivity index (χ2v) is 4.01. The lowest BCUT2D eigenvalue weighted by atomic mass is 10.1. The van der Waals surface area contributed by atoms with Crippen LogP contribution in [-0.4, -0.2) is 23.1 Å². The summed E-state index contributed by atoms with van der Waals surface area (Å²) in [5.41, 5.74) is 1.46. The molecule has 3 N–H and O–H groups in total. The third-order valence-electron chi connectivity index (χ3n) is 2.64. The predicted molar refractivity (Wildman–Crippen MR) is 69.8 cm³/mol. The van der Waals surface area contributed by atoms with Crippen LogP contribution in [0.15, 0.2) is 18.2 Å². The summed E-state index contributed by atoms with van der Waals surface area (Å²) in [5, 5.41) is 22.7. The number of nitrogens with zero attached hydrogens (tertiary/aromatic N) is 1. The number of carbonyl (C=O) groups is 2. The third kappa shape index (κ3) is 3.71. The van der Waals surface area contributed by atoms with E-state index in [0.29, 0.717) is 11.3 Å². The summed E-state index contributed by atoms with van der Waals surface area (Å²) in [5.74, 6) is -1.10. The van der Waals surface area contributed by atoms with Crippen molar-refractivity contribution in [3.05, 3.63) is 29.3 Å². The molecule has 0 spiro atoms. The molecule has 0 heterocycles. The molecule has 2 amide bonds. The fourth-order valence-corrected chi connectivity index (χ4v) is 1.58. The summed E-state index contributed by atoms with van der Waals surface area (Å²) in [6.45, 7) is 3.42. The SMILES string of the molecule is CC[C@H](NC(=O)Nc1cccc(C)c1C#N)C(=O)O. The number of nitrogens with one attached hydrogen (secondary N) is 2. The lowest BCUT2D eigenvalue weighted by molar-refractivity contribution is -0.139. The zero-order chi connectivity index (χ0) is 14.4. The Kier molecular flexibility index (Phi) is 4.89. The maximum absolute atomic E-state index is 11.7. The Balaban J connectivity index is 2.81. The molecule has 0 aliphatic rings. The Morgan fingerprint density at radius 1 is 1.47 bits per heavy atom. The highest BCUT2D eigenvalue weighted by molar-refractivity contribution is 5.93. The summed E-state index contributed by atoms with van der Waals surface area (Å²) in [7, 11) is 0. The first kappa shape index (κ1) is 14.5. The number of amides is 2. The van der Waals surface area contributed by atoms with Crippen molar-refractivity contribution >= 4 is 17.7 Å². The molecule has 0 radical (unpaired) electrons. The van der Waals surface area contributed by atoms with Gasteiger partial charge in [0.25, 0.3) is 0 Å². The van der Waals surface area contributed by atoms with Crippen LogP contribution in [0, 0.1) is 18.3 Å². The standard InChI is InChI=1S/C13H15N3O3/c1-3-10(12(17)18)15-13(19)16-11-6-4-5-8(2)9(11)7-14/h4-6,10H,3H2,1-2H3,(H,17,18)(H2,15,16,19)/t10-/m0/s1. The van der Waals surface area contributed by atoms with Gasteiger partial charge >= 0.3 is 12.0 Å². The number of carboxylic acid groups (broad SMARTS) is 1. The normalized spacial score (nSPS) is 11.2. The molecule has 0 saturated heterocycles. The van der Waals surface area contributed by atoms with Crippen molar-refractivity contribution in [1.29, 1.82) is 5.26 Å². The van der Waals surface area contributed by atoms with Crippen LogP contribution in [0.1, 0.15) is 24.5 Å². The zero-order valence-corrected chi connectivity index (χ0v) is 10.7. The van der Waals surface area contributed by atoms with E-state index in [0.717, 1.165) is 5.56 Å². The van der Waals surface area contributed by atoms with Crippen LogP contribution in [0.25, 0.3) is 0 Å². The number of carboxylic acids is 1. The number of rotatable bonds is 4. The number of anilines is 1. The second-order valence-electron chi connectivity index (χ2n) is 4.01. The van der Waals surface area contributed by atoms with Crippen LogP contribution in [0.2, 0.25) is 0 Å². The molecule has 0 aliphatic heterocycles. The number of nitriles is 1. The van der Waals surface area contributed by atoms with Gasteiger partial charge in [0.2, 0.25) is 0 Å². The van der Waals surface area contributed by atoms with E-state index in [1.54, 1.807) is 32.0 Å². The molecule has 0 fully saturated rings. The Morgan fingerprint density at radius 3 is 2.68 bits per heavy atom. The maximum atomic E-state index is 11.7. The summed E-state index contributed by atoms with van der Waals surface area (Å²) < 4.78 is 0. The van der Waals surface area contributed by atoms with Crippen molar-refractivity contribution in [2.24, 2.45) is 0 Å². The first-order valence-electron chi connectivity index (χ1n) is 5.79. The number of hydrogen-bond acceptors (Lipinski definition) is 3. The number of hydrogen-bond donors (Lipinski definition) is 3. The molecule has 1 rings (SSSR count). The number of benzene rings is 1. The van der Waals surface area contributed by atoms with E-state index in [2.05, 4.69) is 10.6 Å². The molecule has 19 heavy (non-hydrogen) atoms. The van der Waals surface area contributed by atoms with Crippen LogP contribution >= 0.6 is 0 Å². The van der Waals surface area contributed by atoms with E-state index in [4.69, 9.17) is 10.4 Å². The monoisotopic (exact) mass is 261 g/mol. The van der Waals surface area contributed by atoms with Gasteiger partial charge in [0.15, 0.2) is 0 Å². The van der Waals surface area contributed by atoms with Crippen LogP contribution in [0.5, 0.6) is 0 Å². The Labute approximate surface area is 111 Å². The van der Waals surface area contributed by atoms with Gasteiger partial charge in [-0.3, -0.25) is 0 Å². The topological polar surface area (TPSA) is 102 Å². The van der Waals surface area contributed by atoms with Crippen LogP contribution < -0.4 is 10.6 Å². The number of aryl methyl sites for hydroxylation is 1. The Hall–Kier alpha value is -2.55. The highest BCUT2D eigenvalue weighted by Gasteiger charge is 2.18. The largest absolute Gasteiger partial charge is 0.480 e. The van der Waals surface area contributed by atoms with E-state index < -0.39 is 18.0 Å². The van der Waals surface area contributed by atoms with Crippen molar-refractivity contribution in [2.75, 3.05) is 5.32 Å². The number of carbonyl (C=O) groups excluding carboxylic acids is 1. The van der Waals surface area contributed by atoms with Crippen molar-refractivity contribution in [3.63, 3.8) is 0 Å². The molecule has 0 saturated carbocycles. The summed E-state index contributed by atoms with van der Waals surface area (Å²) >= 11 is 0. The minimum Gasteiger partial charge on any atom is -0.480 e. The van der Waals surface area contributed by atoms with Gasteiger partial charge in [0.1, 0.15) is 12.1 Å². The fraction of sp³-hybridized carbons (Fsp3) is 0.308. The fourth-order valence-electron chi connectivity index (χ4n) is 1.58.